The second-order valence-electron chi connectivity index (χ2n) is 4.60. The highest BCUT2D eigenvalue weighted by Gasteiger charge is 2.30. The fraction of sp³-hybridized carbons (Fsp3) is 0.188. The molecule has 3 nitrogen and oxygen atoms in total. The molecule has 0 aromatic heterocycles. The fourth-order valence-electron chi connectivity index (χ4n) is 2.04. The first kappa shape index (κ1) is 16.0. The van der Waals surface area contributed by atoms with Gasteiger partial charge in [-0.1, -0.05) is 30.3 Å². The number of hydrogen-bond donors (Lipinski definition) is 2. The summed E-state index contributed by atoms with van der Waals surface area (Å²) in [6.45, 7) is -0.0750. The standard InChI is InChI=1S/C16H14F3NO2/c17-16(18,19)12-7-5-11(6-8-12)13-3-1-2-4-14(13)15(22)20-9-10-21/h1-8,21H,9-10H2,(H,20,22). The zero-order valence-electron chi connectivity index (χ0n) is 11.5. The molecule has 0 saturated heterocycles. The Labute approximate surface area is 125 Å². The molecule has 0 aliphatic heterocycles. The van der Waals surface area contributed by atoms with E-state index in [0.29, 0.717) is 16.7 Å². The normalized spacial score (nSPS) is 11.3. The number of halogens is 3. The number of alkyl halides is 3. The third-order valence-electron chi connectivity index (χ3n) is 3.09. The molecule has 2 aromatic carbocycles. The van der Waals surface area contributed by atoms with Crippen LogP contribution in [-0.4, -0.2) is 24.2 Å². The average Bonchev–Trinajstić information content (AvgIpc) is 2.52. The van der Waals surface area contributed by atoms with Gasteiger partial charge in [0.25, 0.3) is 5.91 Å². The number of rotatable bonds is 4. The van der Waals surface area contributed by atoms with Crippen LogP contribution in [0.4, 0.5) is 13.2 Å². The van der Waals surface area contributed by atoms with Crippen molar-refractivity contribution < 1.29 is 23.1 Å². The summed E-state index contributed by atoms with van der Waals surface area (Å²) in [7, 11) is 0. The van der Waals surface area contributed by atoms with E-state index in [0.717, 1.165) is 12.1 Å². The van der Waals surface area contributed by atoms with Gasteiger partial charge < -0.3 is 10.4 Å². The Morgan fingerprint density at radius 3 is 2.27 bits per heavy atom. The summed E-state index contributed by atoms with van der Waals surface area (Å²) < 4.78 is 37.7. The second kappa shape index (κ2) is 6.62. The molecule has 1 amide bonds. The van der Waals surface area contributed by atoms with Gasteiger partial charge in [-0.15, -0.1) is 0 Å². The predicted molar refractivity (Wildman–Crippen MR) is 76.3 cm³/mol. The molecule has 116 valence electrons. The van der Waals surface area contributed by atoms with Crippen LogP contribution in [0.3, 0.4) is 0 Å². The van der Waals surface area contributed by atoms with E-state index in [1.54, 1.807) is 24.3 Å². The highest BCUT2D eigenvalue weighted by molar-refractivity contribution is 6.00. The van der Waals surface area contributed by atoms with Crippen LogP contribution in [0.25, 0.3) is 11.1 Å². The van der Waals surface area contributed by atoms with Gasteiger partial charge in [0.05, 0.1) is 12.2 Å². The Hall–Kier alpha value is -2.34. The SMILES string of the molecule is O=C(NCCO)c1ccccc1-c1ccc(C(F)(F)F)cc1. The van der Waals surface area contributed by atoms with E-state index < -0.39 is 11.7 Å². The number of amides is 1. The number of nitrogens with one attached hydrogen (secondary N) is 1. The number of aliphatic hydroxyl groups excluding tert-OH is 1. The van der Waals surface area contributed by atoms with Gasteiger partial charge in [-0.3, -0.25) is 4.79 Å². The maximum atomic E-state index is 12.6. The highest BCUT2D eigenvalue weighted by Crippen LogP contribution is 2.31. The Kier molecular flexibility index (Phi) is 4.82. The van der Waals surface area contributed by atoms with Crippen molar-refractivity contribution in [3.8, 4) is 11.1 Å². The lowest BCUT2D eigenvalue weighted by molar-refractivity contribution is -0.137. The van der Waals surface area contributed by atoms with Crippen molar-refractivity contribution in [1.29, 1.82) is 0 Å². The smallest absolute Gasteiger partial charge is 0.395 e. The molecule has 0 aliphatic rings. The van der Waals surface area contributed by atoms with E-state index in [1.807, 2.05) is 0 Å². The molecule has 6 heteroatoms. The molecule has 0 atom stereocenters. The molecule has 0 bridgehead atoms. The van der Waals surface area contributed by atoms with Crippen molar-refractivity contribution in [1.82, 2.24) is 5.32 Å². The minimum Gasteiger partial charge on any atom is -0.395 e. The predicted octanol–water partition coefficient (Wildman–Crippen LogP) is 3.09. The van der Waals surface area contributed by atoms with Crippen LogP contribution in [0.2, 0.25) is 0 Å². The maximum absolute atomic E-state index is 12.6. The number of hydrogen-bond acceptors (Lipinski definition) is 2. The van der Waals surface area contributed by atoms with Gasteiger partial charge in [-0.25, -0.2) is 0 Å². The zero-order valence-corrected chi connectivity index (χ0v) is 11.5. The first-order chi connectivity index (χ1) is 10.4. The topological polar surface area (TPSA) is 49.3 Å². The molecule has 2 N–H and O–H groups in total. The van der Waals surface area contributed by atoms with Gasteiger partial charge in [0.2, 0.25) is 0 Å². The number of benzene rings is 2. The first-order valence-electron chi connectivity index (χ1n) is 6.59. The molecule has 0 aliphatic carbocycles. The highest BCUT2D eigenvalue weighted by atomic mass is 19.4. The van der Waals surface area contributed by atoms with E-state index in [2.05, 4.69) is 5.32 Å². The van der Waals surface area contributed by atoms with E-state index >= 15 is 0 Å². The third-order valence-corrected chi connectivity index (χ3v) is 3.09. The Morgan fingerprint density at radius 1 is 1.05 bits per heavy atom. The monoisotopic (exact) mass is 309 g/mol. The quantitative estimate of drug-likeness (QED) is 0.912. The molecule has 0 unspecified atom stereocenters. The molecule has 0 heterocycles. The number of carbonyl (C=O) groups excluding carboxylic acids is 1. The van der Waals surface area contributed by atoms with Crippen LogP contribution in [-0.2, 0) is 6.18 Å². The van der Waals surface area contributed by atoms with Gasteiger partial charge >= 0.3 is 6.18 Å². The van der Waals surface area contributed by atoms with Crippen molar-refractivity contribution in [3.05, 3.63) is 59.7 Å². The molecule has 0 spiro atoms. The van der Waals surface area contributed by atoms with Gasteiger partial charge in [0.1, 0.15) is 0 Å². The summed E-state index contributed by atoms with van der Waals surface area (Å²) in [6, 6.07) is 11.3. The van der Waals surface area contributed by atoms with Crippen molar-refractivity contribution in [2.24, 2.45) is 0 Å². The summed E-state index contributed by atoms with van der Waals surface area (Å²) in [5, 5.41) is 11.3. The number of carbonyl (C=O) groups is 1. The van der Waals surface area contributed by atoms with E-state index in [4.69, 9.17) is 5.11 Å². The van der Waals surface area contributed by atoms with Crippen LogP contribution in [0, 0.1) is 0 Å². The third kappa shape index (κ3) is 3.65. The van der Waals surface area contributed by atoms with Crippen molar-refractivity contribution >= 4 is 5.91 Å². The Balaban J connectivity index is 2.35. The lowest BCUT2D eigenvalue weighted by Crippen LogP contribution is -2.26. The van der Waals surface area contributed by atoms with E-state index in [9.17, 15) is 18.0 Å². The largest absolute Gasteiger partial charge is 0.416 e. The lowest BCUT2D eigenvalue weighted by Gasteiger charge is -2.11. The van der Waals surface area contributed by atoms with Gasteiger partial charge in [-0.05, 0) is 29.3 Å². The Bertz CT molecular complexity index is 651. The summed E-state index contributed by atoms with van der Waals surface area (Å²) in [6.07, 6.45) is -4.39. The molecule has 2 aromatic rings. The summed E-state index contributed by atoms with van der Waals surface area (Å²) in [5.74, 6) is -0.385. The lowest BCUT2D eigenvalue weighted by atomic mass is 9.98. The van der Waals surface area contributed by atoms with E-state index in [1.165, 1.54) is 12.1 Å². The van der Waals surface area contributed by atoms with Crippen LogP contribution >= 0.6 is 0 Å². The molecule has 0 radical (unpaired) electrons. The van der Waals surface area contributed by atoms with E-state index in [-0.39, 0.29) is 19.1 Å². The minimum atomic E-state index is -4.39. The summed E-state index contributed by atoms with van der Waals surface area (Å²) in [4.78, 5) is 12.0. The molecule has 0 fully saturated rings. The van der Waals surface area contributed by atoms with Crippen molar-refractivity contribution in [2.45, 2.75) is 6.18 Å². The average molecular weight is 309 g/mol. The molecular formula is C16H14F3NO2. The molecular weight excluding hydrogens is 295 g/mol. The van der Waals surface area contributed by atoms with Gasteiger partial charge in [0, 0.05) is 12.1 Å². The second-order valence-corrected chi connectivity index (χ2v) is 4.60. The van der Waals surface area contributed by atoms with Crippen molar-refractivity contribution in [2.75, 3.05) is 13.2 Å². The van der Waals surface area contributed by atoms with Crippen LogP contribution < -0.4 is 5.32 Å². The minimum absolute atomic E-state index is 0.111. The van der Waals surface area contributed by atoms with Crippen molar-refractivity contribution in [3.63, 3.8) is 0 Å². The molecule has 2 rings (SSSR count). The van der Waals surface area contributed by atoms with Gasteiger partial charge in [-0.2, -0.15) is 13.2 Å². The zero-order chi connectivity index (χ0) is 16.2. The maximum Gasteiger partial charge on any atom is 0.416 e. The molecule has 22 heavy (non-hydrogen) atoms. The van der Waals surface area contributed by atoms with Crippen LogP contribution in [0.1, 0.15) is 15.9 Å². The first-order valence-corrected chi connectivity index (χ1v) is 6.59. The fourth-order valence-corrected chi connectivity index (χ4v) is 2.04. The molecule has 0 saturated carbocycles. The summed E-state index contributed by atoms with van der Waals surface area (Å²) in [5.41, 5.74) is 0.656. The van der Waals surface area contributed by atoms with Crippen LogP contribution in [0.5, 0.6) is 0 Å². The Morgan fingerprint density at radius 2 is 1.68 bits per heavy atom. The van der Waals surface area contributed by atoms with Crippen LogP contribution in [0.15, 0.2) is 48.5 Å². The summed E-state index contributed by atoms with van der Waals surface area (Å²) >= 11 is 0. The number of aliphatic hydroxyl groups is 1. The van der Waals surface area contributed by atoms with Gasteiger partial charge in [0.15, 0.2) is 0 Å².